The second-order valence-corrected chi connectivity index (χ2v) is 6.92. The summed E-state index contributed by atoms with van der Waals surface area (Å²) in [4.78, 5) is 35.0. The van der Waals surface area contributed by atoms with Crippen LogP contribution >= 0.6 is 27.5 Å². The average molecular weight is 494 g/mol. The van der Waals surface area contributed by atoms with Gasteiger partial charge in [-0.25, -0.2) is 4.79 Å². The largest absolute Gasteiger partial charge is 0.471 e. The molecule has 0 atom stereocenters. The third-order valence-electron chi connectivity index (χ3n) is 3.56. The highest BCUT2D eigenvalue weighted by Crippen LogP contribution is 2.31. The maximum atomic E-state index is 12.3. The van der Waals surface area contributed by atoms with Crippen molar-refractivity contribution in [2.75, 3.05) is 17.2 Å². The summed E-state index contributed by atoms with van der Waals surface area (Å²) in [5, 5.41) is 4.57. The second kappa shape index (κ2) is 9.27. The molecule has 0 spiro atoms. The molecule has 0 heterocycles. The van der Waals surface area contributed by atoms with Crippen LogP contribution in [0.4, 0.5) is 24.5 Å². The quantitative estimate of drug-likeness (QED) is 0.591. The summed E-state index contributed by atoms with van der Waals surface area (Å²) in [5.74, 6) is -3.76. The molecule has 0 bridgehead atoms. The summed E-state index contributed by atoms with van der Waals surface area (Å²) in [5.41, 5.74) is 0.650. The Hall–Kier alpha value is -2.59. The van der Waals surface area contributed by atoms with Gasteiger partial charge in [-0.3, -0.25) is 9.59 Å². The number of halogens is 5. The van der Waals surface area contributed by atoms with E-state index in [0.717, 1.165) is 6.07 Å². The molecule has 0 aliphatic rings. The number of carbonyl (C=O) groups is 3. The lowest BCUT2D eigenvalue weighted by atomic mass is 10.2. The van der Waals surface area contributed by atoms with Gasteiger partial charge in [0, 0.05) is 15.8 Å². The Bertz CT molecular complexity index is 967. The van der Waals surface area contributed by atoms with Gasteiger partial charge in [0.05, 0.1) is 10.6 Å². The highest BCUT2D eigenvalue weighted by molar-refractivity contribution is 9.10. The molecule has 11 heteroatoms. The Kier molecular flexibility index (Phi) is 7.26. The Labute approximate surface area is 176 Å². The van der Waals surface area contributed by atoms with Crippen LogP contribution in [0, 0.1) is 6.92 Å². The van der Waals surface area contributed by atoms with E-state index in [4.69, 9.17) is 16.3 Å². The first-order valence-electron chi connectivity index (χ1n) is 7.89. The first kappa shape index (κ1) is 22.7. The molecular weight excluding hydrogens is 481 g/mol. The maximum absolute atomic E-state index is 12.3. The fraction of sp³-hybridized carbons (Fsp3) is 0.167. The van der Waals surface area contributed by atoms with E-state index in [-0.39, 0.29) is 11.3 Å². The molecule has 2 rings (SSSR count). The van der Waals surface area contributed by atoms with E-state index in [2.05, 4.69) is 21.2 Å². The number of benzene rings is 2. The zero-order chi connectivity index (χ0) is 21.8. The molecule has 2 N–H and O–H groups in total. The Morgan fingerprint density at radius 1 is 1.14 bits per heavy atom. The molecular formula is C18H13BrClF3N2O4. The molecule has 0 saturated heterocycles. The van der Waals surface area contributed by atoms with E-state index < -0.39 is 30.6 Å². The molecule has 29 heavy (non-hydrogen) atoms. The standard InChI is InChI=1S/C18H13BrClF3N2O4/c1-9-13(6-5-12(19)15(9)20)25-14(26)8-29-16(27)10-3-2-4-11(7-10)24-17(28)18(21,22)23/h2-7H,8H2,1H3,(H,24,28)(H,25,26). The highest BCUT2D eigenvalue weighted by atomic mass is 79.9. The summed E-state index contributed by atoms with van der Waals surface area (Å²) in [6, 6.07) is 7.95. The van der Waals surface area contributed by atoms with E-state index in [1.807, 2.05) is 0 Å². The number of anilines is 2. The van der Waals surface area contributed by atoms with Crippen LogP contribution in [0.15, 0.2) is 40.9 Å². The molecule has 0 aliphatic heterocycles. The van der Waals surface area contributed by atoms with Crippen LogP contribution < -0.4 is 10.6 Å². The maximum Gasteiger partial charge on any atom is 0.471 e. The fourth-order valence-corrected chi connectivity index (χ4v) is 2.71. The van der Waals surface area contributed by atoms with Gasteiger partial charge in [-0.2, -0.15) is 13.2 Å². The van der Waals surface area contributed by atoms with Gasteiger partial charge in [-0.1, -0.05) is 17.7 Å². The summed E-state index contributed by atoms with van der Waals surface area (Å²) in [6.07, 6.45) is -5.07. The van der Waals surface area contributed by atoms with Gasteiger partial charge in [0.2, 0.25) is 0 Å². The van der Waals surface area contributed by atoms with Gasteiger partial charge >= 0.3 is 18.1 Å². The summed E-state index contributed by atoms with van der Waals surface area (Å²) in [6.45, 7) is 1.06. The minimum absolute atomic E-state index is 0.138. The van der Waals surface area contributed by atoms with Crippen LogP contribution in [0.2, 0.25) is 5.02 Å². The van der Waals surface area contributed by atoms with Crippen molar-refractivity contribution >= 4 is 56.7 Å². The summed E-state index contributed by atoms with van der Waals surface area (Å²) >= 11 is 9.32. The summed E-state index contributed by atoms with van der Waals surface area (Å²) in [7, 11) is 0. The van der Waals surface area contributed by atoms with Crippen LogP contribution in [-0.2, 0) is 14.3 Å². The number of hydrogen-bond donors (Lipinski definition) is 2. The van der Waals surface area contributed by atoms with Crippen LogP contribution in [-0.4, -0.2) is 30.6 Å². The highest BCUT2D eigenvalue weighted by Gasteiger charge is 2.38. The van der Waals surface area contributed by atoms with Crippen molar-refractivity contribution in [2.24, 2.45) is 0 Å². The molecule has 2 amide bonds. The number of amides is 2. The van der Waals surface area contributed by atoms with Crippen molar-refractivity contribution in [3.63, 3.8) is 0 Å². The van der Waals surface area contributed by atoms with Crippen LogP contribution in [0.25, 0.3) is 0 Å². The monoisotopic (exact) mass is 492 g/mol. The van der Waals surface area contributed by atoms with Crippen molar-refractivity contribution in [2.45, 2.75) is 13.1 Å². The lowest BCUT2D eigenvalue weighted by Crippen LogP contribution is -2.30. The minimum Gasteiger partial charge on any atom is -0.452 e. The van der Waals surface area contributed by atoms with Crippen molar-refractivity contribution in [3.05, 3.63) is 57.0 Å². The van der Waals surface area contributed by atoms with E-state index in [0.29, 0.717) is 20.7 Å². The first-order valence-corrected chi connectivity index (χ1v) is 9.06. The molecule has 6 nitrogen and oxygen atoms in total. The van der Waals surface area contributed by atoms with Gasteiger partial charge in [-0.05, 0) is 58.7 Å². The number of nitrogens with one attached hydrogen (secondary N) is 2. The molecule has 0 aliphatic carbocycles. The summed E-state index contributed by atoms with van der Waals surface area (Å²) < 4.78 is 42.4. The van der Waals surface area contributed by atoms with Crippen molar-refractivity contribution in [1.82, 2.24) is 0 Å². The fourth-order valence-electron chi connectivity index (χ4n) is 2.11. The topological polar surface area (TPSA) is 84.5 Å². The van der Waals surface area contributed by atoms with Crippen LogP contribution in [0.1, 0.15) is 15.9 Å². The second-order valence-electron chi connectivity index (χ2n) is 5.69. The molecule has 0 unspecified atom stereocenters. The van der Waals surface area contributed by atoms with Gasteiger partial charge < -0.3 is 15.4 Å². The normalized spacial score (nSPS) is 11.0. The van der Waals surface area contributed by atoms with E-state index in [9.17, 15) is 27.6 Å². The van der Waals surface area contributed by atoms with Crippen molar-refractivity contribution in [3.8, 4) is 0 Å². The van der Waals surface area contributed by atoms with Gasteiger partial charge in [0.25, 0.3) is 5.91 Å². The molecule has 0 radical (unpaired) electrons. The average Bonchev–Trinajstić information content (AvgIpc) is 2.66. The molecule has 0 fully saturated rings. The smallest absolute Gasteiger partial charge is 0.452 e. The third-order valence-corrected chi connectivity index (χ3v) is 4.94. The van der Waals surface area contributed by atoms with Gasteiger partial charge in [0.15, 0.2) is 6.61 Å². The third kappa shape index (κ3) is 6.20. The molecule has 2 aromatic carbocycles. The number of ether oxygens (including phenoxy) is 1. The zero-order valence-electron chi connectivity index (χ0n) is 14.7. The SMILES string of the molecule is Cc1c(NC(=O)COC(=O)c2cccc(NC(=O)C(F)(F)F)c2)ccc(Br)c1Cl. The van der Waals surface area contributed by atoms with Crippen LogP contribution in [0.3, 0.4) is 0 Å². The Balaban J connectivity index is 1.97. The van der Waals surface area contributed by atoms with Gasteiger partial charge in [0.1, 0.15) is 0 Å². The molecule has 0 aromatic heterocycles. The minimum atomic E-state index is -5.07. The van der Waals surface area contributed by atoms with Crippen molar-refractivity contribution in [1.29, 1.82) is 0 Å². The zero-order valence-corrected chi connectivity index (χ0v) is 17.0. The predicted octanol–water partition coefficient (Wildman–Crippen LogP) is 4.71. The van der Waals surface area contributed by atoms with E-state index in [1.165, 1.54) is 18.2 Å². The van der Waals surface area contributed by atoms with Crippen LogP contribution in [0.5, 0.6) is 0 Å². The first-order chi connectivity index (χ1) is 13.5. The lowest BCUT2D eigenvalue weighted by molar-refractivity contribution is -0.167. The Morgan fingerprint density at radius 2 is 1.83 bits per heavy atom. The number of alkyl halides is 3. The van der Waals surface area contributed by atoms with Crippen molar-refractivity contribution < 1.29 is 32.3 Å². The predicted molar refractivity (Wildman–Crippen MR) is 104 cm³/mol. The molecule has 154 valence electrons. The van der Waals surface area contributed by atoms with E-state index >= 15 is 0 Å². The number of esters is 1. The molecule has 0 saturated carbocycles. The van der Waals surface area contributed by atoms with Gasteiger partial charge in [-0.15, -0.1) is 0 Å². The van der Waals surface area contributed by atoms with E-state index in [1.54, 1.807) is 24.4 Å². The lowest BCUT2D eigenvalue weighted by Gasteiger charge is -2.11. The number of hydrogen-bond acceptors (Lipinski definition) is 4. The molecule has 2 aromatic rings. The Morgan fingerprint density at radius 3 is 2.48 bits per heavy atom. The number of rotatable bonds is 5. The number of carbonyl (C=O) groups excluding carboxylic acids is 3.